The number of aromatic nitrogens is 3. The van der Waals surface area contributed by atoms with Gasteiger partial charge in [0.15, 0.2) is 0 Å². The van der Waals surface area contributed by atoms with Crippen LogP contribution in [0.5, 0.6) is 0 Å². The molecule has 0 radical (unpaired) electrons. The van der Waals surface area contributed by atoms with Crippen LogP contribution < -0.4 is 5.73 Å². The lowest BCUT2D eigenvalue weighted by molar-refractivity contribution is 0.368. The third-order valence-electron chi connectivity index (χ3n) is 2.40. The van der Waals surface area contributed by atoms with Crippen molar-refractivity contribution in [3.05, 3.63) is 46.6 Å². The van der Waals surface area contributed by atoms with Gasteiger partial charge in [0.25, 0.3) is 0 Å². The third-order valence-corrected chi connectivity index (χ3v) is 3.35. The zero-order chi connectivity index (χ0) is 11.7. The molecule has 6 heteroatoms. The number of hydrogen-bond acceptors (Lipinski definition) is 5. The molecule has 0 bridgehead atoms. The molecule has 3 aromatic heterocycles. The van der Waals surface area contributed by atoms with Crippen LogP contribution in [-0.4, -0.2) is 15.1 Å². The summed E-state index contributed by atoms with van der Waals surface area (Å²) in [5.41, 5.74) is 6.85. The average molecular weight is 246 g/mol. The van der Waals surface area contributed by atoms with Crippen molar-refractivity contribution in [3.63, 3.8) is 0 Å². The summed E-state index contributed by atoms with van der Waals surface area (Å²) in [6, 6.07) is 7.30. The number of rotatable bonds is 3. The molecule has 3 rings (SSSR count). The van der Waals surface area contributed by atoms with Gasteiger partial charge in [-0.3, -0.25) is 0 Å². The van der Waals surface area contributed by atoms with Crippen LogP contribution in [0.15, 0.2) is 40.4 Å². The van der Waals surface area contributed by atoms with Gasteiger partial charge in [0.1, 0.15) is 6.04 Å². The molecule has 0 aliphatic rings. The Labute approximate surface area is 101 Å². The number of nitrogens with zero attached hydrogens (tertiary/aromatic N) is 2. The Bertz CT molecular complexity index is 585. The molecular formula is C11H10N4OS. The van der Waals surface area contributed by atoms with Gasteiger partial charge in [-0.1, -0.05) is 11.2 Å². The van der Waals surface area contributed by atoms with E-state index in [2.05, 4.69) is 15.1 Å². The molecule has 3 N–H and O–H groups in total. The summed E-state index contributed by atoms with van der Waals surface area (Å²) >= 11 is 1.57. The molecule has 0 aromatic carbocycles. The first-order chi connectivity index (χ1) is 8.34. The van der Waals surface area contributed by atoms with Crippen LogP contribution in [0.2, 0.25) is 0 Å². The van der Waals surface area contributed by atoms with Gasteiger partial charge in [0, 0.05) is 11.1 Å². The molecular weight excluding hydrogens is 236 g/mol. The van der Waals surface area contributed by atoms with Crippen molar-refractivity contribution in [2.45, 2.75) is 6.04 Å². The highest BCUT2D eigenvalue weighted by molar-refractivity contribution is 7.10. The van der Waals surface area contributed by atoms with Gasteiger partial charge in [0.2, 0.25) is 11.7 Å². The lowest BCUT2D eigenvalue weighted by Gasteiger charge is -2.01. The van der Waals surface area contributed by atoms with Gasteiger partial charge < -0.3 is 15.2 Å². The van der Waals surface area contributed by atoms with Crippen LogP contribution >= 0.6 is 11.3 Å². The molecule has 3 aromatic rings. The Kier molecular flexibility index (Phi) is 2.50. The predicted molar refractivity (Wildman–Crippen MR) is 64.4 cm³/mol. The zero-order valence-corrected chi connectivity index (χ0v) is 9.65. The van der Waals surface area contributed by atoms with Crippen LogP contribution in [0.3, 0.4) is 0 Å². The van der Waals surface area contributed by atoms with E-state index in [1.54, 1.807) is 11.3 Å². The van der Waals surface area contributed by atoms with Crippen molar-refractivity contribution in [3.8, 4) is 11.5 Å². The SMILES string of the molecule is NC(c1nc(-c2ccc[nH]2)no1)c1cccs1. The van der Waals surface area contributed by atoms with E-state index in [9.17, 15) is 0 Å². The van der Waals surface area contributed by atoms with Gasteiger partial charge >= 0.3 is 0 Å². The minimum absolute atomic E-state index is 0.355. The van der Waals surface area contributed by atoms with E-state index in [1.165, 1.54) is 0 Å². The summed E-state index contributed by atoms with van der Waals surface area (Å²) < 4.78 is 5.17. The van der Waals surface area contributed by atoms with Crippen molar-refractivity contribution in [2.24, 2.45) is 5.73 Å². The highest BCUT2D eigenvalue weighted by atomic mass is 32.1. The second-order valence-corrected chi connectivity index (χ2v) is 4.51. The Morgan fingerprint density at radius 2 is 2.29 bits per heavy atom. The van der Waals surface area contributed by atoms with Gasteiger partial charge in [-0.25, -0.2) is 0 Å². The largest absolute Gasteiger partial charge is 0.359 e. The number of nitrogens with one attached hydrogen (secondary N) is 1. The van der Waals surface area contributed by atoms with E-state index in [0.29, 0.717) is 11.7 Å². The summed E-state index contributed by atoms with van der Waals surface area (Å²) in [6.07, 6.45) is 1.81. The highest BCUT2D eigenvalue weighted by Gasteiger charge is 2.18. The van der Waals surface area contributed by atoms with E-state index < -0.39 is 0 Å². The molecule has 0 amide bonds. The Morgan fingerprint density at radius 3 is 3.00 bits per heavy atom. The maximum absolute atomic E-state index is 6.03. The second-order valence-electron chi connectivity index (χ2n) is 3.53. The molecule has 3 heterocycles. The molecule has 0 spiro atoms. The topological polar surface area (TPSA) is 80.7 Å². The monoisotopic (exact) mass is 246 g/mol. The molecule has 0 saturated carbocycles. The molecule has 1 atom stereocenters. The van der Waals surface area contributed by atoms with Crippen molar-refractivity contribution in [2.75, 3.05) is 0 Å². The Morgan fingerprint density at radius 1 is 1.35 bits per heavy atom. The first-order valence-electron chi connectivity index (χ1n) is 5.11. The van der Waals surface area contributed by atoms with E-state index in [0.717, 1.165) is 10.6 Å². The molecule has 0 aliphatic heterocycles. The summed E-state index contributed by atoms with van der Waals surface area (Å²) in [5, 5.41) is 5.87. The highest BCUT2D eigenvalue weighted by Crippen LogP contribution is 2.24. The van der Waals surface area contributed by atoms with Crippen LogP contribution in [0.25, 0.3) is 11.5 Å². The number of thiophene rings is 1. The molecule has 1 unspecified atom stereocenters. The summed E-state index contributed by atoms with van der Waals surface area (Å²) in [6.45, 7) is 0. The molecule has 5 nitrogen and oxygen atoms in total. The van der Waals surface area contributed by atoms with Crippen LogP contribution in [-0.2, 0) is 0 Å². The normalized spacial score (nSPS) is 12.8. The minimum Gasteiger partial charge on any atom is -0.359 e. The Hall–Kier alpha value is -1.92. The standard InChI is InChI=1S/C11H10N4OS/c12-9(8-4-2-6-17-8)11-14-10(15-16-11)7-3-1-5-13-7/h1-6,9,13H,12H2. The number of hydrogen-bond donors (Lipinski definition) is 2. The van der Waals surface area contributed by atoms with Gasteiger partial charge in [-0.2, -0.15) is 4.98 Å². The lowest BCUT2D eigenvalue weighted by atomic mass is 10.2. The zero-order valence-electron chi connectivity index (χ0n) is 8.83. The number of aromatic amines is 1. The quantitative estimate of drug-likeness (QED) is 0.742. The predicted octanol–water partition coefficient (Wildman–Crippen LogP) is 2.17. The maximum Gasteiger partial charge on any atom is 0.249 e. The van der Waals surface area contributed by atoms with Crippen molar-refractivity contribution in [1.82, 2.24) is 15.1 Å². The van der Waals surface area contributed by atoms with E-state index in [-0.39, 0.29) is 6.04 Å². The number of H-pyrrole nitrogens is 1. The van der Waals surface area contributed by atoms with Gasteiger partial charge in [-0.15, -0.1) is 11.3 Å². The van der Waals surface area contributed by atoms with Crippen molar-refractivity contribution < 1.29 is 4.52 Å². The molecule has 0 aliphatic carbocycles. The Balaban J connectivity index is 1.90. The van der Waals surface area contributed by atoms with Crippen LogP contribution in [0, 0.1) is 0 Å². The van der Waals surface area contributed by atoms with Crippen LogP contribution in [0.4, 0.5) is 0 Å². The van der Waals surface area contributed by atoms with Gasteiger partial charge in [-0.05, 0) is 23.6 Å². The summed E-state index contributed by atoms with van der Waals surface area (Å²) in [4.78, 5) is 8.30. The minimum atomic E-state index is -0.355. The maximum atomic E-state index is 6.03. The lowest BCUT2D eigenvalue weighted by Crippen LogP contribution is -2.10. The molecule has 0 fully saturated rings. The fourth-order valence-electron chi connectivity index (χ4n) is 1.53. The second kappa shape index (κ2) is 4.15. The van der Waals surface area contributed by atoms with E-state index >= 15 is 0 Å². The average Bonchev–Trinajstić information content (AvgIpc) is 3.09. The molecule has 0 saturated heterocycles. The van der Waals surface area contributed by atoms with Gasteiger partial charge in [0.05, 0.1) is 5.69 Å². The summed E-state index contributed by atoms with van der Waals surface area (Å²) in [7, 11) is 0. The fraction of sp³-hybridized carbons (Fsp3) is 0.0909. The third kappa shape index (κ3) is 1.88. The number of nitrogens with two attached hydrogens (primary N) is 1. The van der Waals surface area contributed by atoms with E-state index in [4.69, 9.17) is 10.3 Å². The van der Waals surface area contributed by atoms with Crippen molar-refractivity contribution in [1.29, 1.82) is 0 Å². The first kappa shape index (κ1) is 10.2. The first-order valence-corrected chi connectivity index (χ1v) is 5.99. The van der Waals surface area contributed by atoms with Crippen molar-refractivity contribution >= 4 is 11.3 Å². The fourth-order valence-corrected chi connectivity index (χ4v) is 2.25. The molecule has 86 valence electrons. The van der Waals surface area contributed by atoms with E-state index in [1.807, 2.05) is 35.8 Å². The summed E-state index contributed by atoms with van der Waals surface area (Å²) in [5.74, 6) is 0.953. The van der Waals surface area contributed by atoms with Crippen LogP contribution in [0.1, 0.15) is 16.8 Å². The smallest absolute Gasteiger partial charge is 0.249 e. The molecule has 17 heavy (non-hydrogen) atoms.